The number of ether oxygens (including phenoxy) is 2. The molecule has 7 nitrogen and oxygen atoms in total. The average Bonchev–Trinajstić information content (AvgIpc) is 3.02. The summed E-state index contributed by atoms with van der Waals surface area (Å²) >= 11 is 6.19. The zero-order valence-corrected chi connectivity index (χ0v) is 18.1. The smallest absolute Gasteiger partial charge is 0.295 e. The summed E-state index contributed by atoms with van der Waals surface area (Å²) in [5.41, 5.74) is 0.904. The molecule has 0 radical (unpaired) electrons. The maximum Gasteiger partial charge on any atom is 0.295 e. The highest BCUT2D eigenvalue weighted by molar-refractivity contribution is 6.46. The summed E-state index contributed by atoms with van der Waals surface area (Å²) in [6.45, 7) is 2.22. The number of hydrogen-bond acceptors (Lipinski definition) is 6. The summed E-state index contributed by atoms with van der Waals surface area (Å²) < 4.78 is 10.6. The Bertz CT molecular complexity index is 1020. The number of carbonyl (C=O) groups is 2. The number of amides is 1. The molecule has 2 aromatic carbocycles. The van der Waals surface area contributed by atoms with Gasteiger partial charge in [-0.05, 0) is 42.3 Å². The zero-order chi connectivity index (χ0) is 22.5. The molecular weight excluding hydrogens is 422 g/mol. The second kappa shape index (κ2) is 9.85. The van der Waals surface area contributed by atoms with Crippen molar-refractivity contribution in [3.8, 4) is 11.5 Å². The highest BCUT2D eigenvalue weighted by atomic mass is 35.5. The first kappa shape index (κ1) is 22.7. The van der Waals surface area contributed by atoms with Crippen LogP contribution in [0.2, 0.25) is 5.02 Å². The third kappa shape index (κ3) is 4.52. The molecule has 2 N–H and O–H groups in total. The molecular formula is C23H24ClNO6. The lowest BCUT2D eigenvalue weighted by Crippen LogP contribution is -2.30. The van der Waals surface area contributed by atoms with Crippen LogP contribution in [0.4, 0.5) is 0 Å². The molecule has 0 saturated carbocycles. The topological polar surface area (TPSA) is 96.3 Å². The number of carbonyl (C=O) groups excluding carboxylic acids is 2. The molecule has 1 fully saturated rings. The van der Waals surface area contributed by atoms with E-state index >= 15 is 0 Å². The van der Waals surface area contributed by atoms with Gasteiger partial charge in [0.05, 0.1) is 30.4 Å². The molecule has 3 rings (SSSR count). The van der Waals surface area contributed by atoms with Gasteiger partial charge in [0.1, 0.15) is 23.9 Å². The van der Waals surface area contributed by atoms with Crippen LogP contribution in [0.25, 0.3) is 5.76 Å². The van der Waals surface area contributed by atoms with E-state index in [1.807, 2.05) is 6.92 Å². The Morgan fingerprint density at radius 1 is 1.19 bits per heavy atom. The third-order valence-electron chi connectivity index (χ3n) is 4.96. The number of rotatable bonds is 8. The molecule has 164 valence electrons. The highest BCUT2D eigenvalue weighted by Crippen LogP contribution is 2.41. The Morgan fingerprint density at radius 2 is 1.97 bits per heavy atom. The molecule has 2 aromatic rings. The number of aliphatic hydroxyl groups excluding tert-OH is 2. The van der Waals surface area contributed by atoms with Gasteiger partial charge in [-0.25, -0.2) is 0 Å². The van der Waals surface area contributed by atoms with Crippen LogP contribution in [0, 0.1) is 0 Å². The normalized spacial score (nSPS) is 17.8. The van der Waals surface area contributed by atoms with Gasteiger partial charge in [0.25, 0.3) is 11.7 Å². The van der Waals surface area contributed by atoms with Crippen molar-refractivity contribution in [2.24, 2.45) is 0 Å². The number of hydrogen-bond donors (Lipinski definition) is 2. The predicted molar refractivity (Wildman–Crippen MR) is 116 cm³/mol. The fourth-order valence-corrected chi connectivity index (χ4v) is 3.86. The van der Waals surface area contributed by atoms with Crippen molar-refractivity contribution in [1.29, 1.82) is 0 Å². The summed E-state index contributed by atoms with van der Waals surface area (Å²) in [5, 5.41) is 20.3. The lowest BCUT2D eigenvalue weighted by Gasteiger charge is -2.25. The van der Waals surface area contributed by atoms with E-state index in [0.29, 0.717) is 35.6 Å². The minimum atomic E-state index is -0.779. The highest BCUT2D eigenvalue weighted by Gasteiger charge is 2.45. The zero-order valence-electron chi connectivity index (χ0n) is 17.3. The van der Waals surface area contributed by atoms with E-state index in [9.17, 15) is 14.7 Å². The number of halogens is 1. The Labute approximate surface area is 185 Å². The van der Waals surface area contributed by atoms with Gasteiger partial charge in [-0.15, -0.1) is 0 Å². The second-order valence-corrected chi connectivity index (χ2v) is 7.39. The monoisotopic (exact) mass is 445 g/mol. The van der Waals surface area contributed by atoms with Crippen LogP contribution in [0.3, 0.4) is 0 Å². The van der Waals surface area contributed by atoms with Crippen LogP contribution >= 0.6 is 11.6 Å². The number of ketones is 1. The van der Waals surface area contributed by atoms with E-state index in [-0.39, 0.29) is 29.6 Å². The molecule has 1 amide bonds. The van der Waals surface area contributed by atoms with Gasteiger partial charge in [-0.2, -0.15) is 0 Å². The Kier molecular flexibility index (Phi) is 7.20. The Balaban J connectivity index is 2.14. The molecule has 1 saturated heterocycles. The van der Waals surface area contributed by atoms with Crippen LogP contribution < -0.4 is 9.47 Å². The van der Waals surface area contributed by atoms with Gasteiger partial charge < -0.3 is 24.6 Å². The number of methoxy groups -OCH3 is 1. The second-order valence-electron chi connectivity index (χ2n) is 6.99. The molecule has 0 aliphatic carbocycles. The lowest BCUT2D eigenvalue weighted by molar-refractivity contribution is -0.139. The largest absolute Gasteiger partial charge is 0.507 e. The first-order valence-electron chi connectivity index (χ1n) is 9.88. The van der Waals surface area contributed by atoms with E-state index < -0.39 is 17.7 Å². The van der Waals surface area contributed by atoms with Gasteiger partial charge in [0, 0.05) is 12.1 Å². The van der Waals surface area contributed by atoms with Crippen LogP contribution in [-0.2, 0) is 9.59 Å². The molecule has 8 heteroatoms. The summed E-state index contributed by atoms with van der Waals surface area (Å²) in [6.07, 6.45) is 0.638. The minimum Gasteiger partial charge on any atom is -0.507 e. The molecule has 1 atom stereocenters. The molecule has 0 bridgehead atoms. The number of Topliss-reactive ketones (excluding diaryl/α,β-unsaturated/α-hetero) is 1. The van der Waals surface area contributed by atoms with Crippen LogP contribution in [0.5, 0.6) is 11.5 Å². The van der Waals surface area contributed by atoms with Crippen molar-refractivity contribution in [2.75, 3.05) is 26.9 Å². The first-order chi connectivity index (χ1) is 14.9. The summed E-state index contributed by atoms with van der Waals surface area (Å²) in [6, 6.07) is 10.8. The Morgan fingerprint density at radius 3 is 2.61 bits per heavy atom. The quantitative estimate of drug-likeness (QED) is 0.366. The van der Waals surface area contributed by atoms with Gasteiger partial charge in [0.2, 0.25) is 0 Å². The van der Waals surface area contributed by atoms with Gasteiger partial charge >= 0.3 is 0 Å². The van der Waals surface area contributed by atoms with Crippen LogP contribution in [0.1, 0.15) is 30.5 Å². The van der Waals surface area contributed by atoms with Crippen LogP contribution in [-0.4, -0.2) is 53.7 Å². The van der Waals surface area contributed by atoms with Crippen molar-refractivity contribution in [3.05, 3.63) is 64.2 Å². The minimum absolute atomic E-state index is 0.0148. The molecule has 1 aliphatic heterocycles. The van der Waals surface area contributed by atoms with E-state index in [2.05, 4.69) is 0 Å². The van der Waals surface area contributed by atoms with Crippen LogP contribution in [0.15, 0.2) is 48.0 Å². The molecule has 31 heavy (non-hydrogen) atoms. The predicted octanol–water partition coefficient (Wildman–Crippen LogP) is 3.55. The SMILES string of the molecule is CCCN1C(=O)C(=O)/C(=C(/O)c2ccc(OC)c(Cl)c2)C1c1cccc(OCCO)c1. The van der Waals surface area contributed by atoms with Crippen molar-refractivity contribution in [3.63, 3.8) is 0 Å². The molecule has 0 spiro atoms. The molecule has 1 unspecified atom stereocenters. The summed E-state index contributed by atoms with van der Waals surface area (Å²) in [5.74, 6) is -0.830. The maximum absolute atomic E-state index is 12.9. The number of nitrogens with zero attached hydrogens (tertiary/aromatic N) is 1. The fraction of sp³-hybridized carbons (Fsp3) is 0.304. The molecule has 1 aliphatic rings. The third-order valence-corrected chi connectivity index (χ3v) is 5.26. The van der Waals surface area contributed by atoms with E-state index in [0.717, 1.165) is 0 Å². The van der Waals surface area contributed by atoms with E-state index in [4.69, 9.17) is 26.2 Å². The van der Waals surface area contributed by atoms with Gasteiger partial charge in [-0.1, -0.05) is 30.7 Å². The number of benzene rings is 2. The standard InChI is InChI=1S/C23H24ClNO6/c1-3-9-25-20(14-5-4-6-16(12-14)31-11-10-26)19(22(28)23(25)29)21(27)15-7-8-18(30-2)17(24)13-15/h4-8,12-13,20,26-27H,3,9-11H2,1-2H3/b21-19+. The number of aliphatic hydroxyl groups is 2. The maximum atomic E-state index is 12.9. The molecule has 1 heterocycles. The van der Waals surface area contributed by atoms with Crippen molar-refractivity contribution >= 4 is 29.1 Å². The van der Waals surface area contributed by atoms with Gasteiger partial charge in [0.15, 0.2) is 0 Å². The average molecular weight is 446 g/mol. The van der Waals surface area contributed by atoms with Crippen molar-refractivity contribution in [2.45, 2.75) is 19.4 Å². The van der Waals surface area contributed by atoms with E-state index in [1.165, 1.54) is 18.1 Å². The van der Waals surface area contributed by atoms with Crippen molar-refractivity contribution in [1.82, 2.24) is 4.90 Å². The Hall–Kier alpha value is -3.03. The number of likely N-dealkylation sites (tertiary alicyclic amines) is 1. The van der Waals surface area contributed by atoms with Crippen molar-refractivity contribution < 1.29 is 29.3 Å². The van der Waals surface area contributed by atoms with Gasteiger partial charge in [-0.3, -0.25) is 9.59 Å². The van der Waals surface area contributed by atoms with E-state index in [1.54, 1.807) is 36.4 Å². The molecule has 0 aromatic heterocycles. The summed E-state index contributed by atoms with van der Waals surface area (Å²) in [7, 11) is 1.48. The first-order valence-corrected chi connectivity index (χ1v) is 10.3. The fourth-order valence-electron chi connectivity index (χ4n) is 3.61. The lowest BCUT2D eigenvalue weighted by atomic mass is 9.95. The summed E-state index contributed by atoms with van der Waals surface area (Å²) in [4.78, 5) is 27.1.